The van der Waals surface area contributed by atoms with Gasteiger partial charge in [0.25, 0.3) is 10.1 Å². The molecule has 0 saturated carbocycles. The molecular formula is C14H14F2N6O4S. The van der Waals surface area contributed by atoms with Crippen LogP contribution in [0.3, 0.4) is 0 Å². The number of aliphatic hydroxyl groups is 1. The van der Waals surface area contributed by atoms with Crippen LogP contribution >= 0.6 is 0 Å². The van der Waals surface area contributed by atoms with Crippen LogP contribution < -0.4 is 0 Å². The van der Waals surface area contributed by atoms with Crippen molar-refractivity contribution < 1.29 is 26.5 Å². The van der Waals surface area contributed by atoms with Crippen molar-refractivity contribution in [1.29, 1.82) is 0 Å². The van der Waals surface area contributed by atoms with Crippen molar-refractivity contribution in [2.75, 3.05) is 6.26 Å². The predicted octanol–water partition coefficient (Wildman–Crippen LogP) is 0.211. The summed E-state index contributed by atoms with van der Waals surface area (Å²) in [5, 5.41) is 19.0. The minimum Gasteiger partial charge on any atom is -0.378 e. The molecule has 10 nitrogen and oxygen atoms in total. The summed E-state index contributed by atoms with van der Waals surface area (Å²) in [7, 11) is -4.13. The van der Waals surface area contributed by atoms with Gasteiger partial charge in [-0.15, -0.1) is 0 Å². The summed E-state index contributed by atoms with van der Waals surface area (Å²) in [4.78, 5) is 7.42. The molecule has 27 heavy (non-hydrogen) atoms. The van der Waals surface area contributed by atoms with Crippen LogP contribution in [-0.4, -0.2) is 49.3 Å². The first-order chi connectivity index (χ1) is 12.7. The lowest BCUT2D eigenvalue weighted by Crippen LogP contribution is -2.44. The molecule has 0 aliphatic rings. The summed E-state index contributed by atoms with van der Waals surface area (Å²) in [6.07, 6.45) is 3.56. The lowest BCUT2D eigenvalue weighted by Gasteiger charge is -2.35. The summed E-state index contributed by atoms with van der Waals surface area (Å²) in [5.74, 6) is -1.99. The highest BCUT2D eigenvalue weighted by Crippen LogP contribution is 2.38. The lowest BCUT2D eigenvalue weighted by atomic mass is 9.91. The molecule has 2 aromatic heterocycles. The van der Waals surface area contributed by atoms with Gasteiger partial charge in [0.1, 0.15) is 36.9 Å². The Hall–Kier alpha value is -2.77. The number of hydrogen-bond donors (Lipinski definition) is 1. The highest BCUT2D eigenvalue weighted by molar-refractivity contribution is 7.86. The summed E-state index contributed by atoms with van der Waals surface area (Å²) < 4.78 is 58.5. The van der Waals surface area contributed by atoms with Gasteiger partial charge < -0.3 is 5.11 Å². The second-order valence-corrected chi connectivity index (χ2v) is 7.27. The Kier molecular flexibility index (Phi) is 4.99. The maximum Gasteiger partial charge on any atom is 0.266 e. The Bertz CT molecular complexity index is 1010. The van der Waals surface area contributed by atoms with E-state index in [0.29, 0.717) is 6.07 Å². The molecule has 0 aliphatic carbocycles. The Balaban J connectivity index is 2.19. The topological polar surface area (TPSA) is 125 Å². The zero-order valence-electron chi connectivity index (χ0n) is 13.8. The number of halogens is 2. The Morgan fingerprint density at radius 1 is 1.22 bits per heavy atom. The molecule has 0 aliphatic heterocycles. The number of rotatable bonds is 7. The molecule has 0 amide bonds. The fourth-order valence-corrected chi connectivity index (χ4v) is 3.12. The lowest BCUT2D eigenvalue weighted by molar-refractivity contribution is -0.122. The minimum atomic E-state index is -4.13. The second kappa shape index (κ2) is 7.09. The number of aromatic nitrogens is 6. The fourth-order valence-electron chi connectivity index (χ4n) is 2.54. The average Bonchev–Trinajstić information content (AvgIpc) is 3.25. The van der Waals surface area contributed by atoms with E-state index in [1.807, 2.05) is 0 Å². The zero-order chi connectivity index (χ0) is 19.7. The van der Waals surface area contributed by atoms with E-state index in [0.717, 1.165) is 40.4 Å². The molecule has 0 bridgehead atoms. The third kappa shape index (κ3) is 4.15. The summed E-state index contributed by atoms with van der Waals surface area (Å²) in [6, 6.07) is 2.46. The quantitative estimate of drug-likeness (QED) is 0.558. The van der Waals surface area contributed by atoms with Crippen molar-refractivity contribution in [2.45, 2.75) is 18.4 Å². The minimum absolute atomic E-state index is 0.427. The van der Waals surface area contributed by atoms with Crippen molar-refractivity contribution >= 4 is 10.1 Å². The van der Waals surface area contributed by atoms with Crippen LogP contribution in [0.4, 0.5) is 8.78 Å². The van der Waals surface area contributed by atoms with Crippen LogP contribution in [0.15, 0.2) is 43.5 Å². The molecule has 2 atom stereocenters. The van der Waals surface area contributed by atoms with Gasteiger partial charge in [-0.1, -0.05) is 6.07 Å². The highest BCUT2D eigenvalue weighted by atomic mass is 32.2. The van der Waals surface area contributed by atoms with E-state index in [1.165, 1.54) is 12.7 Å². The van der Waals surface area contributed by atoms with Gasteiger partial charge in [0, 0.05) is 11.6 Å². The summed E-state index contributed by atoms with van der Waals surface area (Å²) in [5.41, 5.74) is -2.80. The molecule has 0 fully saturated rings. The second-order valence-electron chi connectivity index (χ2n) is 5.67. The van der Waals surface area contributed by atoms with Crippen molar-refractivity contribution in [1.82, 2.24) is 29.5 Å². The van der Waals surface area contributed by atoms with Crippen molar-refractivity contribution in [3.63, 3.8) is 0 Å². The third-order valence-corrected chi connectivity index (χ3v) is 4.15. The molecule has 1 N–H and O–H groups in total. The van der Waals surface area contributed by atoms with Crippen molar-refractivity contribution in [3.05, 3.63) is 60.7 Å². The van der Waals surface area contributed by atoms with E-state index in [4.69, 9.17) is 4.18 Å². The molecule has 0 spiro atoms. The van der Waals surface area contributed by atoms with Gasteiger partial charge in [-0.05, 0) is 6.07 Å². The third-order valence-electron chi connectivity index (χ3n) is 3.62. The number of nitrogens with zero attached hydrogens (tertiary/aromatic N) is 6. The molecular weight excluding hydrogens is 386 g/mol. The Labute approximate surface area is 152 Å². The monoisotopic (exact) mass is 400 g/mol. The first-order valence-corrected chi connectivity index (χ1v) is 9.23. The van der Waals surface area contributed by atoms with Gasteiger partial charge in [-0.2, -0.15) is 18.6 Å². The van der Waals surface area contributed by atoms with Gasteiger partial charge in [-0.3, -0.25) is 0 Å². The molecule has 13 heteroatoms. The van der Waals surface area contributed by atoms with Crippen LogP contribution in [0.1, 0.15) is 11.8 Å². The molecule has 2 unspecified atom stereocenters. The van der Waals surface area contributed by atoms with Crippen LogP contribution in [0.5, 0.6) is 0 Å². The maximum absolute atomic E-state index is 14.5. The zero-order valence-corrected chi connectivity index (χ0v) is 14.7. The van der Waals surface area contributed by atoms with E-state index in [-0.39, 0.29) is 0 Å². The van der Waals surface area contributed by atoms with E-state index in [2.05, 4.69) is 20.2 Å². The standard InChI is InChI=1S/C14H14F2N6O4S/c1-27(24,25)26-13(22-9-18-7-20-22)14(23,5-21-8-17-6-19-21)11-3-2-10(15)4-12(11)16/h2-4,6-9,13,23H,5H2,1H3. The predicted molar refractivity (Wildman–Crippen MR) is 85.3 cm³/mol. The molecule has 3 rings (SSSR count). The van der Waals surface area contributed by atoms with E-state index < -0.39 is 45.7 Å². The molecule has 3 aromatic rings. The summed E-state index contributed by atoms with van der Waals surface area (Å²) in [6.45, 7) is -0.477. The molecule has 1 aromatic carbocycles. The highest BCUT2D eigenvalue weighted by Gasteiger charge is 2.46. The van der Waals surface area contributed by atoms with Gasteiger partial charge in [-0.25, -0.2) is 32.3 Å². The number of benzene rings is 1. The fraction of sp³-hybridized carbons (Fsp3) is 0.286. The molecule has 2 heterocycles. The Morgan fingerprint density at radius 3 is 2.48 bits per heavy atom. The van der Waals surface area contributed by atoms with Gasteiger partial charge in [0.05, 0.1) is 12.8 Å². The van der Waals surface area contributed by atoms with E-state index in [1.54, 1.807) is 0 Å². The van der Waals surface area contributed by atoms with Gasteiger partial charge in [0.15, 0.2) is 5.60 Å². The molecule has 0 saturated heterocycles. The summed E-state index contributed by atoms with van der Waals surface area (Å²) >= 11 is 0. The normalized spacial score (nSPS) is 15.4. The van der Waals surface area contributed by atoms with Gasteiger partial charge >= 0.3 is 0 Å². The maximum atomic E-state index is 14.5. The van der Waals surface area contributed by atoms with Crippen molar-refractivity contribution in [2.24, 2.45) is 0 Å². The van der Waals surface area contributed by atoms with Crippen LogP contribution in [0.2, 0.25) is 0 Å². The van der Waals surface area contributed by atoms with Crippen LogP contribution in [0.25, 0.3) is 0 Å². The van der Waals surface area contributed by atoms with E-state index >= 15 is 0 Å². The van der Waals surface area contributed by atoms with Gasteiger partial charge in [0.2, 0.25) is 6.23 Å². The number of hydrogen-bond acceptors (Lipinski definition) is 8. The SMILES string of the molecule is CS(=O)(=O)OC(n1cncn1)C(O)(Cn1cncn1)c1ccc(F)cc1F. The van der Waals surface area contributed by atoms with E-state index in [9.17, 15) is 22.3 Å². The first-order valence-electron chi connectivity index (χ1n) is 7.42. The average molecular weight is 400 g/mol. The first kappa shape index (κ1) is 19.0. The van der Waals surface area contributed by atoms with Crippen LogP contribution in [0, 0.1) is 11.6 Å². The Morgan fingerprint density at radius 2 is 1.93 bits per heavy atom. The van der Waals surface area contributed by atoms with Crippen LogP contribution in [-0.2, 0) is 26.4 Å². The largest absolute Gasteiger partial charge is 0.378 e. The van der Waals surface area contributed by atoms with Crippen molar-refractivity contribution in [3.8, 4) is 0 Å². The molecule has 0 radical (unpaired) electrons. The molecule has 144 valence electrons. The smallest absolute Gasteiger partial charge is 0.266 e.